The quantitative estimate of drug-likeness (QED) is 0.0303. The number of nitrogens with two attached hydrogens (primary N) is 3. The van der Waals surface area contributed by atoms with Crippen LogP contribution in [0.1, 0.15) is 163 Å². The highest BCUT2D eigenvalue weighted by Gasteiger charge is 2.35. The predicted octanol–water partition coefficient (Wildman–Crippen LogP) is 2.46. The van der Waals surface area contributed by atoms with E-state index in [9.17, 15) is 72.9 Å². The van der Waals surface area contributed by atoms with E-state index in [-0.39, 0.29) is 89.5 Å². The minimum absolute atomic E-state index is 0.0203. The summed E-state index contributed by atoms with van der Waals surface area (Å²) in [6.45, 7) is 13.5. The summed E-state index contributed by atoms with van der Waals surface area (Å²) in [5.74, 6) is -8.93. The van der Waals surface area contributed by atoms with Crippen LogP contribution in [0.4, 0.5) is 0 Å². The Balaban J connectivity index is 1.40. The van der Waals surface area contributed by atoms with Gasteiger partial charge in [-0.1, -0.05) is 67.6 Å². The Kier molecular flexibility index (Phi) is 30.2. The van der Waals surface area contributed by atoms with E-state index in [4.69, 9.17) is 17.2 Å². The van der Waals surface area contributed by atoms with Crippen LogP contribution in [-0.2, 0) is 70.4 Å². The van der Waals surface area contributed by atoms with Gasteiger partial charge in [0.1, 0.15) is 0 Å². The molecule has 6 atom stereocenters. The molecular formula is C67H99N13O15. The van der Waals surface area contributed by atoms with Gasteiger partial charge in [0.25, 0.3) is 0 Å². The van der Waals surface area contributed by atoms with Gasteiger partial charge in [-0.3, -0.25) is 57.5 Å². The standard InChI is InChI=1S/C67H99N13O15/c1-9-67(8,80-60(89)37-66(6,7)77-54(83)27-44(70)20-22-68)38-59(88)76-48(32-61(90)91)31-56(85)79-65(4,5)35-57(86)74-46(25-40-18-19-41-14-10-11-15-42(41)24-40)29-52(81)72-45(21-23-69)28-55(84)78-64(2,3)36-58(87)75-47(26-43-39-71-51-17-13-12-16-50(43)51)30-53(82)73-49(33-62(92)93)34-63(94)95/h10-19,24,39,44-49,71H,9,20-23,25-38,68-70H2,1-8H3,(H,72,81)(H,73,82)(H,74,86)(H,75,87)(H,76,88)(H,77,83)(H,78,84)(H,79,85)(H,80,89)(H,90,91)(H,92,93)(H,94,95)/t44-,45-,46?,47-,48-,67-/m0/s1. The molecule has 1 unspecified atom stereocenters. The molecular weight excluding hydrogens is 1230 g/mol. The molecule has 0 radical (unpaired) electrons. The van der Waals surface area contributed by atoms with Crippen molar-refractivity contribution in [1.29, 1.82) is 0 Å². The van der Waals surface area contributed by atoms with Crippen LogP contribution in [-0.4, -0.2) is 163 Å². The van der Waals surface area contributed by atoms with Crippen molar-refractivity contribution in [2.24, 2.45) is 17.2 Å². The Bertz CT molecular complexity index is 3330. The van der Waals surface area contributed by atoms with Crippen molar-refractivity contribution in [2.45, 2.75) is 223 Å². The number of amides is 9. The molecule has 4 aromatic rings. The average Bonchev–Trinajstić information content (AvgIpc) is 1.78. The topological polar surface area (TPSA) is 468 Å². The molecule has 0 aliphatic heterocycles. The van der Waals surface area contributed by atoms with Crippen LogP contribution in [0.15, 0.2) is 72.9 Å². The number of H-pyrrole nitrogens is 1. The van der Waals surface area contributed by atoms with Crippen molar-refractivity contribution in [3.8, 4) is 0 Å². The van der Waals surface area contributed by atoms with Crippen LogP contribution in [0.5, 0.6) is 0 Å². The Morgan fingerprint density at radius 1 is 0.442 bits per heavy atom. The summed E-state index contributed by atoms with van der Waals surface area (Å²) >= 11 is 0. The molecule has 4 rings (SSSR count). The second kappa shape index (κ2) is 36.6. The zero-order valence-corrected chi connectivity index (χ0v) is 55.8. The van der Waals surface area contributed by atoms with Crippen molar-refractivity contribution in [3.05, 3.63) is 84.1 Å². The van der Waals surface area contributed by atoms with E-state index in [0.717, 1.165) is 32.8 Å². The van der Waals surface area contributed by atoms with E-state index in [0.29, 0.717) is 13.0 Å². The molecule has 0 bridgehead atoms. The molecule has 0 saturated heterocycles. The number of carboxylic acids is 3. The molecule has 0 saturated carbocycles. The smallest absolute Gasteiger partial charge is 0.305 e. The van der Waals surface area contributed by atoms with Gasteiger partial charge in [0.15, 0.2) is 0 Å². The summed E-state index contributed by atoms with van der Waals surface area (Å²) in [4.78, 5) is 160. The molecule has 28 nitrogen and oxygen atoms in total. The molecule has 0 aliphatic rings. The Morgan fingerprint density at radius 2 is 0.863 bits per heavy atom. The highest BCUT2D eigenvalue weighted by atomic mass is 16.4. The number of aromatic amines is 1. The van der Waals surface area contributed by atoms with Crippen molar-refractivity contribution >= 4 is 92.7 Å². The third-order valence-corrected chi connectivity index (χ3v) is 15.8. The molecule has 19 N–H and O–H groups in total. The number of aromatic nitrogens is 1. The maximum absolute atomic E-state index is 14.1. The van der Waals surface area contributed by atoms with Gasteiger partial charge >= 0.3 is 17.9 Å². The molecule has 0 spiro atoms. The van der Waals surface area contributed by atoms with Gasteiger partial charge < -0.3 is 85.4 Å². The van der Waals surface area contributed by atoms with Crippen LogP contribution in [0.3, 0.4) is 0 Å². The van der Waals surface area contributed by atoms with Gasteiger partial charge in [-0.05, 0) is 122 Å². The molecule has 28 heteroatoms. The largest absolute Gasteiger partial charge is 0.481 e. The van der Waals surface area contributed by atoms with Gasteiger partial charge in [-0.2, -0.15) is 0 Å². The molecule has 1 heterocycles. The normalized spacial score (nSPS) is 14.0. The zero-order valence-electron chi connectivity index (χ0n) is 55.8. The van der Waals surface area contributed by atoms with Gasteiger partial charge in [-0.15, -0.1) is 0 Å². The molecule has 0 fully saturated rings. The summed E-state index contributed by atoms with van der Waals surface area (Å²) < 4.78 is 0. The van der Waals surface area contributed by atoms with Crippen molar-refractivity contribution in [2.75, 3.05) is 13.1 Å². The lowest BCUT2D eigenvalue weighted by Gasteiger charge is -2.33. The van der Waals surface area contributed by atoms with Crippen LogP contribution in [0, 0.1) is 0 Å². The lowest BCUT2D eigenvalue weighted by Crippen LogP contribution is -2.54. The molecule has 95 heavy (non-hydrogen) atoms. The lowest BCUT2D eigenvalue weighted by atomic mass is 9.91. The van der Waals surface area contributed by atoms with E-state index in [1.807, 2.05) is 66.7 Å². The lowest BCUT2D eigenvalue weighted by molar-refractivity contribution is -0.141. The maximum atomic E-state index is 14.1. The van der Waals surface area contributed by atoms with E-state index in [1.165, 1.54) is 0 Å². The van der Waals surface area contributed by atoms with E-state index in [1.54, 1.807) is 61.6 Å². The first-order valence-corrected chi connectivity index (χ1v) is 32.0. The number of hydrogen-bond donors (Lipinski definition) is 16. The number of fused-ring (bicyclic) bond motifs is 2. The number of rotatable bonds is 42. The van der Waals surface area contributed by atoms with Crippen molar-refractivity contribution in [3.63, 3.8) is 0 Å². The summed E-state index contributed by atoms with van der Waals surface area (Å²) in [6, 6.07) is 15.4. The Hall–Kier alpha value is -9.02. The average molecular weight is 1330 g/mol. The predicted molar refractivity (Wildman–Crippen MR) is 356 cm³/mol. The van der Waals surface area contributed by atoms with E-state index >= 15 is 0 Å². The first kappa shape index (κ1) is 78.4. The van der Waals surface area contributed by atoms with Gasteiger partial charge in [-0.25, -0.2) is 0 Å². The number of hydrogen-bond acceptors (Lipinski definition) is 15. The highest BCUT2D eigenvalue weighted by Crippen LogP contribution is 2.23. The first-order chi connectivity index (χ1) is 44.5. The van der Waals surface area contributed by atoms with Crippen LogP contribution in [0.25, 0.3) is 21.7 Å². The Labute approximate surface area is 553 Å². The molecule has 3 aromatic carbocycles. The number of carbonyl (C=O) groups excluding carboxylic acids is 9. The third kappa shape index (κ3) is 29.9. The van der Waals surface area contributed by atoms with Crippen LogP contribution < -0.4 is 65.1 Å². The number of benzene rings is 3. The van der Waals surface area contributed by atoms with Gasteiger partial charge in [0.2, 0.25) is 53.2 Å². The third-order valence-electron chi connectivity index (χ3n) is 15.8. The zero-order chi connectivity index (χ0) is 70.8. The molecule has 522 valence electrons. The van der Waals surface area contributed by atoms with Gasteiger partial charge in [0.05, 0.1) is 19.3 Å². The maximum Gasteiger partial charge on any atom is 0.305 e. The van der Waals surface area contributed by atoms with Crippen LogP contribution in [0.2, 0.25) is 0 Å². The number of carbonyl (C=O) groups is 12. The van der Waals surface area contributed by atoms with Gasteiger partial charge in [0, 0.05) is 133 Å². The fourth-order valence-electron chi connectivity index (χ4n) is 11.4. The van der Waals surface area contributed by atoms with Crippen LogP contribution >= 0.6 is 0 Å². The number of para-hydroxylation sites is 1. The van der Waals surface area contributed by atoms with E-state index < -0.39 is 149 Å². The molecule has 0 aliphatic carbocycles. The monoisotopic (exact) mass is 1330 g/mol. The summed E-state index contributed by atoms with van der Waals surface area (Å²) in [5, 5.41) is 56.3. The Morgan fingerprint density at radius 3 is 1.39 bits per heavy atom. The number of carboxylic acid groups (broad SMARTS) is 3. The minimum atomic E-state index is -1.31. The first-order valence-electron chi connectivity index (χ1n) is 32.0. The highest BCUT2D eigenvalue weighted by molar-refractivity contribution is 5.88. The second-order valence-corrected chi connectivity index (χ2v) is 27.0. The molecule has 1 aromatic heterocycles. The number of nitrogens with one attached hydrogen (secondary N) is 10. The summed E-state index contributed by atoms with van der Waals surface area (Å²) in [6.07, 6.45) is -1.30. The second-order valence-electron chi connectivity index (χ2n) is 27.0. The summed E-state index contributed by atoms with van der Waals surface area (Å²) in [7, 11) is 0. The number of aliphatic carboxylic acids is 3. The van der Waals surface area contributed by atoms with Crippen molar-refractivity contribution in [1.82, 2.24) is 52.8 Å². The SMILES string of the molecule is CC[C@@](C)(CC(=O)N[C@H](CC(=O)O)CC(=O)NC(C)(C)CC(=O)NC(CC(=O)N[C@@H](CCN)CC(=O)NC(C)(C)CC(=O)N[C@H](CC(=O)NC(CC(=O)O)CC(=O)O)Cc1c[nH]c2ccccc12)Cc1ccc2ccccc2c1)NC(=O)CC(C)(C)NC(=O)C[C@@H](N)CCN. The molecule has 9 amide bonds. The minimum Gasteiger partial charge on any atom is -0.481 e. The fourth-order valence-corrected chi connectivity index (χ4v) is 11.4. The van der Waals surface area contributed by atoms with E-state index in [2.05, 4.69) is 52.8 Å². The summed E-state index contributed by atoms with van der Waals surface area (Å²) in [5.41, 5.74) is 15.3. The van der Waals surface area contributed by atoms with Crippen molar-refractivity contribution < 1.29 is 72.9 Å². The fraction of sp³-hybridized carbons (Fsp3) is 0.552.